The van der Waals surface area contributed by atoms with E-state index in [-0.39, 0.29) is 17.4 Å². The summed E-state index contributed by atoms with van der Waals surface area (Å²) in [6, 6.07) is 6.62. The summed E-state index contributed by atoms with van der Waals surface area (Å²) < 4.78 is 0. The van der Waals surface area contributed by atoms with E-state index < -0.39 is 5.84 Å². The summed E-state index contributed by atoms with van der Waals surface area (Å²) >= 11 is 0. The molecule has 0 aliphatic carbocycles. The van der Waals surface area contributed by atoms with Gasteiger partial charge in [0.25, 0.3) is 0 Å². The van der Waals surface area contributed by atoms with Crippen LogP contribution in [0.1, 0.15) is 25.3 Å². The van der Waals surface area contributed by atoms with Gasteiger partial charge in [0.15, 0.2) is 5.84 Å². The van der Waals surface area contributed by atoms with Crippen molar-refractivity contribution >= 4 is 17.2 Å². The lowest BCUT2D eigenvalue weighted by Gasteiger charge is -2.10. The number of nitrogens with one attached hydrogen (secondary N) is 2. The van der Waals surface area contributed by atoms with Gasteiger partial charge in [0, 0.05) is 0 Å². The number of nitrogens with zero attached hydrogens (tertiary/aromatic N) is 2. The van der Waals surface area contributed by atoms with Crippen LogP contribution in [0.5, 0.6) is 5.75 Å². The predicted molar refractivity (Wildman–Crippen MR) is 70.8 cm³/mol. The minimum absolute atomic E-state index is 0.166. The predicted octanol–water partition coefficient (Wildman–Crippen LogP) is 1.74. The lowest BCUT2D eigenvalue weighted by molar-refractivity contribution is 0.465. The normalized spacial score (nSPS) is 11.1. The van der Waals surface area contributed by atoms with Gasteiger partial charge in [0.05, 0.1) is 5.69 Å². The highest BCUT2D eigenvalue weighted by Gasteiger charge is 2.07. The SMILES string of the molecule is CC(C)c1cc(N/N=C(\C#N)C(=N)N)ccc1O. The molecule has 0 radical (unpaired) electrons. The van der Waals surface area contributed by atoms with Gasteiger partial charge in [-0.3, -0.25) is 10.8 Å². The van der Waals surface area contributed by atoms with Gasteiger partial charge in [0.2, 0.25) is 5.71 Å². The fraction of sp³-hybridized carbons (Fsp3) is 0.250. The van der Waals surface area contributed by atoms with Crippen LogP contribution in [0.3, 0.4) is 0 Å². The first-order valence-corrected chi connectivity index (χ1v) is 5.36. The first-order valence-electron chi connectivity index (χ1n) is 5.36. The Labute approximate surface area is 105 Å². The van der Waals surface area contributed by atoms with Crippen LogP contribution < -0.4 is 11.2 Å². The number of amidine groups is 1. The Balaban J connectivity index is 2.97. The van der Waals surface area contributed by atoms with Gasteiger partial charge in [0.1, 0.15) is 11.8 Å². The number of nitrogens with two attached hydrogens (primary N) is 1. The molecular weight excluding hydrogens is 230 g/mol. The molecule has 0 fully saturated rings. The first-order chi connectivity index (χ1) is 8.45. The van der Waals surface area contributed by atoms with Gasteiger partial charge in [-0.05, 0) is 29.7 Å². The monoisotopic (exact) mass is 245 g/mol. The van der Waals surface area contributed by atoms with E-state index in [1.807, 2.05) is 13.8 Å². The number of hydrazone groups is 1. The number of rotatable bonds is 4. The Hall–Kier alpha value is -2.55. The van der Waals surface area contributed by atoms with Crippen LogP contribution in [0.2, 0.25) is 0 Å². The largest absolute Gasteiger partial charge is 0.508 e. The molecule has 0 aliphatic heterocycles. The zero-order valence-corrected chi connectivity index (χ0v) is 10.2. The lowest BCUT2D eigenvalue weighted by Crippen LogP contribution is -2.21. The standard InChI is InChI=1S/C12H15N5O/c1-7(2)9-5-8(3-4-11(9)18)16-17-10(6-13)12(14)15/h3-5,7,16,18H,1-2H3,(H3,14,15)/b17-10+. The molecule has 0 atom stereocenters. The highest BCUT2D eigenvalue weighted by molar-refractivity contribution is 6.45. The van der Waals surface area contributed by atoms with Gasteiger partial charge in [-0.2, -0.15) is 10.4 Å². The molecule has 94 valence electrons. The highest BCUT2D eigenvalue weighted by atomic mass is 16.3. The minimum atomic E-state index is -0.395. The van der Waals surface area contributed by atoms with E-state index in [4.69, 9.17) is 16.4 Å². The Morgan fingerprint density at radius 3 is 2.72 bits per heavy atom. The van der Waals surface area contributed by atoms with Crippen LogP contribution in [-0.4, -0.2) is 16.7 Å². The maximum Gasteiger partial charge on any atom is 0.201 e. The summed E-state index contributed by atoms with van der Waals surface area (Å²) in [5, 5.41) is 29.1. The van der Waals surface area contributed by atoms with Crippen molar-refractivity contribution in [3.8, 4) is 11.8 Å². The molecule has 0 saturated carbocycles. The van der Waals surface area contributed by atoms with Gasteiger partial charge in [-0.1, -0.05) is 13.8 Å². The summed E-state index contributed by atoms with van der Waals surface area (Å²) in [4.78, 5) is 0. The topological polar surface area (TPSA) is 118 Å². The molecule has 6 heteroatoms. The summed E-state index contributed by atoms with van der Waals surface area (Å²) in [6.07, 6.45) is 0. The first kappa shape index (κ1) is 13.5. The third-order valence-corrected chi connectivity index (χ3v) is 2.31. The van der Waals surface area contributed by atoms with Crippen molar-refractivity contribution in [3.05, 3.63) is 23.8 Å². The molecule has 0 aromatic heterocycles. The zero-order valence-electron chi connectivity index (χ0n) is 10.2. The Morgan fingerprint density at radius 2 is 2.22 bits per heavy atom. The molecule has 1 aromatic carbocycles. The molecule has 0 amide bonds. The van der Waals surface area contributed by atoms with Crippen molar-refractivity contribution in [1.82, 2.24) is 0 Å². The summed E-state index contributed by atoms with van der Waals surface area (Å²) in [7, 11) is 0. The van der Waals surface area contributed by atoms with Crippen LogP contribution in [0.4, 0.5) is 5.69 Å². The Kier molecular flexibility index (Phi) is 4.27. The summed E-state index contributed by atoms with van der Waals surface area (Å²) in [5.41, 5.74) is 9.00. The van der Waals surface area contributed by atoms with E-state index >= 15 is 0 Å². The highest BCUT2D eigenvalue weighted by Crippen LogP contribution is 2.28. The maximum absolute atomic E-state index is 9.65. The van der Waals surface area contributed by atoms with Crippen molar-refractivity contribution in [2.24, 2.45) is 10.8 Å². The molecule has 0 saturated heterocycles. The van der Waals surface area contributed by atoms with E-state index in [1.54, 1.807) is 24.3 Å². The smallest absolute Gasteiger partial charge is 0.201 e. The van der Waals surface area contributed by atoms with Gasteiger partial charge >= 0.3 is 0 Å². The van der Waals surface area contributed by atoms with Crippen molar-refractivity contribution in [2.45, 2.75) is 19.8 Å². The fourth-order valence-corrected chi connectivity index (χ4v) is 1.35. The van der Waals surface area contributed by atoms with E-state index in [9.17, 15) is 5.11 Å². The molecule has 0 aliphatic rings. The van der Waals surface area contributed by atoms with Crippen molar-refractivity contribution < 1.29 is 5.11 Å². The van der Waals surface area contributed by atoms with E-state index in [0.29, 0.717) is 5.69 Å². The molecule has 1 aromatic rings. The minimum Gasteiger partial charge on any atom is -0.508 e. The second-order valence-electron chi connectivity index (χ2n) is 4.03. The van der Waals surface area contributed by atoms with Crippen molar-refractivity contribution in [1.29, 1.82) is 10.7 Å². The summed E-state index contributed by atoms with van der Waals surface area (Å²) in [5.74, 6) is -0.0153. The average molecular weight is 245 g/mol. The van der Waals surface area contributed by atoms with Crippen LogP contribution in [0.25, 0.3) is 0 Å². The molecule has 1 rings (SSSR count). The third kappa shape index (κ3) is 3.22. The Bertz CT molecular complexity index is 528. The van der Waals surface area contributed by atoms with Crippen LogP contribution >= 0.6 is 0 Å². The number of aromatic hydroxyl groups is 1. The molecule has 0 bridgehead atoms. The number of hydrogen-bond acceptors (Lipinski definition) is 5. The molecule has 0 unspecified atom stereocenters. The fourth-order valence-electron chi connectivity index (χ4n) is 1.35. The average Bonchev–Trinajstić information content (AvgIpc) is 2.31. The third-order valence-electron chi connectivity index (χ3n) is 2.31. The molecule has 0 heterocycles. The quantitative estimate of drug-likeness (QED) is 0.279. The number of benzene rings is 1. The second kappa shape index (κ2) is 5.68. The number of anilines is 1. The molecule has 5 N–H and O–H groups in total. The lowest BCUT2D eigenvalue weighted by atomic mass is 10.0. The maximum atomic E-state index is 9.65. The Morgan fingerprint density at radius 1 is 1.56 bits per heavy atom. The van der Waals surface area contributed by atoms with E-state index in [1.165, 1.54) is 0 Å². The van der Waals surface area contributed by atoms with Gasteiger partial charge < -0.3 is 10.8 Å². The number of phenols is 1. The van der Waals surface area contributed by atoms with Gasteiger partial charge in [-0.15, -0.1) is 0 Å². The molecule has 6 nitrogen and oxygen atoms in total. The van der Waals surface area contributed by atoms with E-state index in [0.717, 1.165) is 5.56 Å². The second-order valence-corrected chi connectivity index (χ2v) is 4.03. The zero-order chi connectivity index (χ0) is 13.7. The van der Waals surface area contributed by atoms with Crippen LogP contribution in [0, 0.1) is 16.7 Å². The van der Waals surface area contributed by atoms with Crippen LogP contribution in [-0.2, 0) is 0 Å². The molecule has 18 heavy (non-hydrogen) atoms. The molecule has 0 spiro atoms. The number of nitriles is 1. The van der Waals surface area contributed by atoms with Crippen molar-refractivity contribution in [3.63, 3.8) is 0 Å². The van der Waals surface area contributed by atoms with Gasteiger partial charge in [-0.25, -0.2) is 0 Å². The molecular formula is C12H15N5O. The number of phenolic OH excluding ortho intramolecular Hbond substituents is 1. The van der Waals surface area contributed by atoms with E-state index in [2.05, 4.69) is 10.5 Å². The van der Waals surface area contributed by atoms with Crippen LogP contribution in [0.15, 0.2) is 23.3 Å². The van der Waals surface area contributed by atoms with Crippen molar-refractivity contribution in [2.75, 3.05) is 5.43 Å². The summed E-state index contributed by atoms with van der Waals surface area (Å²) in [6.45, 7) is 3.91. The number of hydrogen-bond donors (Lipinski definition) is 4.